The van der Waals surface area contributed by atoms with E-state index in [0.29, 0.717) is 22.4 Å². The van der Waals surface area contributed by atoms with E-state index in [4.69, 9.17) is 9.47 Å². The molecule has 0 saturated carbocycles. The molecule has 2 N–H and O–H groups in total. The number of rotatable bonds is 5. The number of carbonyl (C=O) groups excluding carboxylic acids is 2. The average Bonchev–Trinajstić information content (AvgIpc) is 2.55. The summed E-state index contributed by atoms with van der Waals surface area (Å²) >= 11 is 0. The number of anilines is 1. The Morgan fingerprint density at radius 3 is 2.44 bits per heavy atom. The Morgan fingerprint density at radius 1 is 1.12 bits per heavy atom. The van der Waals surface area contributed by atoms with Crippen LogP contribution in [0.4, 0.5) is 5.69 Å². The number of phenols is 1. The summed E-state index contributed by atoms with van der Waals surface area (Å²) in [5, 5.41) is 12.6. The van der Waals surface area contributed by atoms with Crippen molar-refractivity contribution in [3.63, 3.8) is 0 Å². The van der Waals surface area contributed by atoms with Crippen LogP contribution in [0.25, 0.3) is 0 Å². The van der Waals surface area contributed by atoms with E-state index in [1.54, 1.807) is 25.1 Å². The predicted octanol–water partition coefficient (Wildman–Crippen LogP) is 3.53. The van der Waals surface area contributed by atoms with Crippen molar-refractivity contribution < 1.29 is 24.2 Å². The smallest absolute Gasteiger partial charge is 0.338 e. The molecular weight excluding hydrogens is 322 g/mol. The molecule has 0 aliphatic heterocycles. The van der Waals surface area contributed by atoms with E-state index in [9.17, 15) is 14.7 Å². The maximum atomic E-state index is 12.4. The molecule has 0 aliphatic rings. The molecule has 0 spiro atoms. The first-order valence-corrected chi connectivity index (χ1v) is 7.81. The zero-order valence-corrected chi connectivity index (χ0v) is 14.6. The van der Waals surface area contributed by atoms with Crippen LogP contribution in [0, 0.1) is 6.92 Å². The van der Waals surface area contributed by atoms with E-state index in [0.717, 1.165) is 0 Å². The number of aryl methyl sites for hydroxylation is 1. The highest BCUT2D eigenvalue weighted by atomic mass is 16.5. The molecule has 0 heterocycles. The second kappa shape index (κ2) is 7.70. The molecule has 0 bridgehead atoms. The number of methoxy groups -OCH3 is 1. The minimum absolute atomic E-state index is 0.0245. The molecule has 0 unspecified atom stereocenters. The van der Waals surface area contributed by atoms with E-state index in [2.05, 4.69) is 5.32 Å². The number of ether oxygens (including phenoxy) is 2. The molecule has 0 saturated heterocycles. The summed E-state index contributed by atoms with van der Waals surface area (Å²) in [5.41, 5.74) is 2.04. The Kier molecular flexibility index (Phi) is 5.64. The standard InChI is InChI=1S/C19H21NO5/c1-11(2)25-17-10-13(5-8-16(17)21)18(22)20-14-6-7-15(12(3)9-14)19(23)24-4/h5-11,21H,1-4H3,(H,20,22). The van der Waals surface area contributed by atoms with Gasteiger partial charge in [0.1, 0.15) is 0 Å². The van der Waals surface area contributed by atoms with Crippen LogP contribution in [0.5, 0.6) is 11.5 Å². The Bertz CT molecular complexity index is 798. The molecule has 2 aromatic carbocycles. The molecule has 1 amide bonds. The van der Waals surface area contributed by atoms with Crippen molar-refractivity contribution in [2.75, 3.05) is 12.4 Å². The van der Waals surface area contributed by atoms with Gasteiger partial charge in [0, 0.05) is 11.3 Å². The van der Waals surface area contributed by atoms with E-state index in [1.807, 2.05) is 13.8 Å². The second-order valence-corrected chi connectivity index (χ2v) is 5.82. The van der Waals surface area contributed by atoms with Gasteiger partial charge in [0.05, 0.1) is 18.8 Å². The van der Waals surface area contributed by atoms with Gasteiger partial charge in [-0.15, -0.1) is 0 Å². The van der Waals surface area contributed by atoms with Crippen LogP contribution in [-0.2, 0) is 4.74 Å². The van der Waals surface area contributed by atoms with Gasteiger partial charge in [0.2, 0.25) is 0 Å². The predicted molar refractivity (Wildman–Crippen MR) is 94.3 cm³/mol. The first-order chi connectivity index (χ1) is 11.8. The van der Waals surface area contributed by atoms with Crippen LogP contribution in [0.15, 0.2) is 36.4 Å². The van der Waals surface area contributed by atoms with Crippen LogP contribution in [0.2, 0.25) is 0 Å². The molecule has 2 rings (SSSR count). The molecular formula is C19H21NO5. The Balaban J connectivity index is 2.19. The van der Waals surface area contributed by atoms with Crippen molar-refractivity contribution in [2.45, 2.75) is 26.9 Å². The first kappa shape index (κ1) is 18.3. The highest BCUT2D eigenvalue weighted by Crippen LogP contribution is 2.28. The number of phenolic OH excluding ortho intramolecular Hbond substituents is 1. The maximum absolute atomic E-state index is 12.4. The topological polar surface area (TPSA) is 84.9 Å². The van der Waals surface area contributed by atoms with Gasteiger partial charge in [-0.05, 0) is 62.7 Å². The lowest BCUT2D eigenvalue weighted by atomic mass is 10.1. The van der Waals surface area contributed by atoms with E-state index < -0.39 is 5.97 Å². The fraction of sp³-hybridized carbons (Fsp3) is 0.263. The molecule has 0 aliphatic carbocycles. The number of benzene rings is 2. The third-order valence-corrected chi connectivity index (χ3v) is 3.47. The molecule has 25 heavy (non-hydrogen) atoms. The minimum atomic E-state index is -0.426. The van der Waals surface area contributed by atoms with Gasteiger partial charge in [0.15, 0.2) is 11.5 Å². The molecule has 6 heteroatoms. The number of hydrogen-bond donors (Lipinski definition) is 2. The minimum Gasteiger partial charge on any atom is -0.504 e. The van der Waals surface area contributed by atoms with Gasteiger partial charge < -0.3 is 19.9 Å². The van der Waals surface area contributed by atoms with Crippen LogP contribution in [0.3, 0.4) is 0 Å². The van der Waals surface area contributed by atoms with Gasteiger partial charge in [0.25, 0.3) is 5.91 Å². The number of carbonyl (C=O) groups is 2. The third kappa shape index (κ3) is 4.50. The van der Waals surface area contributed by atoms with Crippen molar-refractivity contribution in [3.05, 3.63) is 53.1 Å². The molecule has 0 atom stereocenters. The maximum Gasteiger partial charge on any atom is 0.338 e. The SMILES string of the molecule is COC(=O)c1ccc(NC(=O)c2ccc(O)c(OC(C)C)c2)cc1C. The molecule has 2 aromatic rings. The first-order valence-electron chi connectivity index (χ1n) is 7.81. The van der Waals surface area contributed by atoms with Crippen LogP contribution < -0.4 is 10.1 Å². The van der Waals surface area contributed by atoms with Crippen molar-refractivity contribution >= 4 is 17.6 Å². The van der Waals surface area contributed by atoms with Gasteiger partial charge in [-0.25, -0.2) is 4.79 Å². The fourth-order valence-electron chi connectivity index (χ4n) is 2.29. The van der Waals surface area contributed by atoms with Gasteiger partial charge in [-0.1, -0.05) is 0 Å². The van der Waals surface area contributed by atoms with Gasteiger partial charge >= 0.3 is 5.97 Å². The molecule has 0 fully saturated rings. The largest absolute Gasteiger partial charge is 0.504 e. The number of hydrogen-bond acceptors (Lipinski definition) is 5. The lowest BCUT2D eigenvalue weighted by molar-refractivity contribution is 0.0600. The summed E-state index contributed by atoms with van der Waals surface area (Å²) in [6.07, 6.45) is -0.127. The van der Waals surface area contributed by atoms with Gasteiger partial charge in [-0.3, -0.25) is 4.79 Å². The van der Waals surface area contributed by atoms with Crippen molar-refractivity contribution in [2.24, 2.45) is 0 Å². The number of amides is 1. The zero-order chi connectivity index (χ0) is 18.6. The summed E-state index contributed by atoms with van der Waals surface area (Å²) in [6, 6.07) is 9.33. The Labute approximate surface area is 146 Å². The normalized spacial score (nSPS) is 10.4. The van der Waals surface area contributed by atoms with E-state index in [1.165, 1.54) is 25.3 Å². The van der Waals surface area contributed by atoms with E-state index in [-0.39, 0.29) is 23.5 Å². The molecule has 6 nitrogen and oxygen atoms in total. The van der Waals surface area contributed by atoms with Crippen molar-refractivity contribution in [1.29, 1.82) is 0 Å². The molecule has 0 radical (unpaired) electrons. The summed E-state index contributed by atoms with van der Waals surface area (Å²) in [7, 11) is 1.32. The third-order valence-electron chi connectivity index (χ3n) is 3.47. The quantitative estimate of drug-likeness (QED) is 0.811. The monoisotopic (exact) mass is 343 g/mol. The average molecular weight is 343 g/mol. The highest BCUT2D eigenvalue weighted by molar-refractivity contribution is 6.05. The molecule has 0 aromatic heterocycles. The lowest BCUT2D eigenvalue weighted by Crippen LogP contribution is -2.13. The fourth-order valence-corrected chi connectivity index (χ4v) is 2.29. The number of esters is 1. The Morgan fingerprint density at radius 2 is 1.84 bits per heavy atom. The van der Waals surface area contributed by atoms with Gasteiger partial charge in [-0.2, -0.15) is 0 Å². The van der Waals surface area contributed by atoms with E-state index >= 15 is 0 Å². The van der Waals surface area contributed by atoms with Crippen LogP contribution >= 0.6 is 0 Å². The number of nitrogens with one attached hydrogen (secondary N) is 1. The second-order valence-electron chi connectivity index (χ2n) is 5.82. The van der Waals surface area contributed by atoms with Crippen LogP contribution in [-0.4, -0.2) is 30.2 Å². The van der Waals surface area contributed by atoms with Crippen molar-refractivity contribution in [1.82, 2.24) is 0 Å². The molecule has 132 valence electrons. The van der Waals surface area contributed by atoms with Crippen LogP contribution in [0.1, 0.15) is 40.1 Å². The van der Waals surface area contributed by atoms with Crippen molar-refractivity contribution in [3.8, 4) is 11.5 Å². The summed E-state index contributed by atoms with van der Waals surface area (Å²) in [5.74, 6) is -0.549. The zero-order valence-electron chi connectivity index (χ0n) is 14.6. The summed E-state index contributed by atoms with van der Waals surface area (Å²) in [4.78, 5) is 24.0. The lowest BCUT2D eigenvalue weighted by Gasteiger charge is -2.13. The summed E-state index contributed by atoms with van der Waals surface area (Å²) in [6.45, 7) is 5.42. The highest BCUT2D eigenvalue weighted by Gasteiger charge is 2.13. The Hall–Kier alpha value is -3.02. The number of aromatic hydroxyl groups is 1. The summed E-state index contributed by atoms with van der Waals surface area (Å²) < 4.78 is 10.2.